The number of aliphatic carboxylic acids is 1. The van der Waals surface area contributed by atoms with Crippen molar-refractivity contribution >= 4 is 29.5 Å². The van der Waals surface area contributed by atoms with Gasteiger partial charge in [0.2, 0.25) is 5.91 Å². The van der Waals surface area contributed by atoms with E-state index in [2.05, 4.69) is 5.32 Å². The third kappa shape index (κ3) is 4.73. The van der Waals surface area contributed by atoms with Crippen LogP contribution in [0.5, 0.6) is 0 Å². The van der Waals surface area contributed by atoms with Crippen LogP contribution in [0.3, 0.4) is 0 Å². The highest BCUT2D eigenvalue weighted by molar-refractivity contribution is 6.10. The molecule has 0 radical (unpaired) electrons. The number of carboxylic acids is 1. The van der Waals surface area contributed by atoms with Gasteiger partial charge >= 0.3 is 12.0 Å². The van der Waals surface area contributed by atoms with Crippen molar-refractivity contribution in [1.29, 1.82) is 0 Å². The Labute approximate surface area is 219 Å². The number of nitrogen functional groups attached to an aromatic ring is 1. The molecule has 1 spiro atoms. The SMILES string of the molecule is Nc1ccc2c(c1)CC[C@]21NC(=O)N(CC(=O)N(Cc2ccc(F)cc2)C2CCC(=CC(=O)O)CC2)C1=O. The number of anilines is 1. The molecule has 2 fully saturated rings. The van der Waals surface area contributed by atoms with Crippen LogP contribution in [0.4, 0.5) is 14.9 Å². The summed E-state index contributed by atoms with van der Waals surface area (Å²) in [5.41, 5.74) is 8.39. The predicted octanol–water partition coefficient (Wildman–Crippen LogP) is 3.08. The number of carboxylic acid groups (broad SMARTS) is 1. The Morgan fingerprint density at radius 3 is 2.53 bits per heavy atom. The molecule has 2 aromatic carbocycles. The first-order valence-electron chi connectivity index (χ1n) is 12.7. The van der Waals surface area contributed by atoms with Gasteiger partial charge in [-0.05, 0) is 79.5 Å². The molecule has 2 aliphatic carbocycles. The quantitative estimate of drug-likeness (QED) is 0.305. The van der Waals surface area contributed by atoms with Crippen molar-refractivity contribution < 1.29 is 28.7 Å². The number of allylic oxidation sites excluding steroid dienone is 1. The third-order valence-electron chi connectivity index (χ3n) is 7.78. The van der Waals surface area contributed by atoms with E-state index in [1.165, 1.54) is 18.2 Å². The molecule has 5 rings (SSSR count). The Balaban J connectivity index is 1.36. The lowest BCUT2D eigenvalue weighted by atomic mass is 9.89. The molecule has 0 unspecified atom stereocenters. The molecule has 1 aliphatic heterocycles. The average molecular weight is 521 g/mol. The van der Waals surface area contributed by atoms with Crippen LogP contribution in [0, 0.1) is 5.82 Å². The number of carbonyl (C=O) groups is 4. The van der Waals surface area contributed by atoms with E-state index in [1.54, 1.807) is 35.2 Å². The summed E-state index contributed by atoms with van der Waals surface area (Å²) in [4.78, 5) is 53.9. The molecule has 10 heteroatoms. The maximum absolute atomic E-state index is 13.7. The maximum atomic E-state index is 13.7. The van der Waals surface area contributed by atoms with Crippen molar-refractivity contribution in [1.82, 2.24) is 15.1 Å². The van der Waals surface area contributed by atoms with E-state index < -0.39 is 41.7 Å². The highest BCUT2D eigenvalue weighted by Gasteiger charge is 2.55. The zero-order chi connectivity index (χ0) is 27.0. The number of benzene rings is 2. The van der Waals surface area contributed by atoms with Crippen molar-refractivity contribution in [2.24, 2.45) is 0 Å². The average Bonchev–Trinajstić information content (AvgIpc) is 3.35. The molecule has 1 saturated carbocycles. The Bertz CT molecular complexity index is 1330. The largest absolute Gasteiger partial charge is 0.478 e. The minimum atomic E-state index is -1.20. The van der Waals surface area contributed by atoms with Gasteiger partial charge in [0.15, 0.2) is 0 Å². The number of amides is 4. The number of nitrogens with two attached hydrogens (primary N) is 1. The molecule has 4 amide bonds. The van der Waals surface area contributed by atoms with Gasteiger partial charge in [-0.1, -0.05) is 23.8 Å². The summed E-state index contributed by atoms with van der Waals surface area (Å²) in [6, 6.07) is 10.2. The van der Waals surface area contributed by atoms with Crippen LogP contribution in [-0.4, -0.2) is 51.3 Å². The molecule has 38 heavy (non-hydrogen) atoms. The normalized spacial score (nSPS) is 22.4. The molecule has 1 atom stereocenters. The molecular formula is C28H29FN4O5. The fourth-order valence-electron chi connectivity index (χ4n) is 5.85. The Kier molecular flexibility index (Phi) is 6.64. The Hall–Kier alpha value is -4.21. The predicted molar refractivity (Wildman–Crippen MR) is 136 cm³/mol. The van der Waals surface area contributed by atoms with E-state index in [4.69, 9.17) is 10.8 Å². The number of nitrogens with zero attached hydrogens (tertiary/aromatic N) is 2. The molecule has 1 heterocycles. The minimum absolute atomic E-state index is 0.179. The summed E-state index contributed by atoms with van der Waals surface area (Å²) in [5.74, 6) is -2.25. The second-order valence-electron chi connectivity index (χ2n) is 10.2. The van der Waals surface area contributed by atoms with Gasteiger partial charge < -0.3 is 21.1 Å². The fourth-order valence-corrected chi connectivity index (χ4v) is 5.85. The first kappa shape index (κ1) is 25.4. The number of aryl methyl sites for hydroxylation is 1. The first-order chi connectivity index (χ1) is 18.2. The molecule has 3 aliphatic rings. The smallest absolute Gasteiger partial charge is 0.328 e. The highest BCUT2D eigenvalue weighted by Crippen LogP contribution is 2.42. The number of fused-ring (bicyclic) bond motifs is 2. The second-order valence-corrected chi connectivity index (χ2v) is 10.2. The van der Waals surface area contributed by atoms with Crippen LogP contribution >= 0.6 is 0 Å². The maximum Gasteiger partial charge on any atom is 0.328 e. The summed E-state index contributed by atoms with van der Waals surface area (Å²) in [6.45, 7) is -0.245. The number of halogens is 1. The van der Waals surface area contributed by atoms with E-state index in [-0.39, 0.29) is 12.6 Å². The minimum Gasteiger partial charge on any atom is -0.478 e. The first-order valence-corrected chi connectivity index (χ1v) is 12.7. The van der Waals surface area contributed by atoms with Crippen molar-refractivity contribution in [3.05, 3.63) is 76.6 Å². The number of carbonyl (C=O) groups excluding carboxylic acids is 3. The molecular weight excluding hydrogens is 491 g/mol. The fraction of sp³-hybridized carbons (Fsp3) is 0.357. The zero-order valence-corrected chi connectivity index (χ0v) is 20.8. The number of nitrogens with one attached hydrogen (secondary N) is 1. The number of urea groups is 1. The molecule has 0 bridgehead atoms. The lowest BCUT2D eigenvalue weighted by Gasteiger charge is -2.36. The van der Waals surface area contributed by atoms with E-state index in [1.807, 2.05) is 0 Å². The lowest BCUT2D eigenvalue weighted by Crippen LogP contribution is -2.48. The summed E-state index contributed by atoms with van der Waals surface area (Å²) < 4.78 is 13.5. The standard InChI is InChI=1S/C28H29FN4O5/c29-20-5-1-18(2-6-20)15-32(22-8-3-17(4-9-22)13-25(35)36)24(34)16-33-26(37)28(31-27(33)38)12-11-19-14-21(30)7-10-23(19)28/h1-2,5-7,10,13-14,22H,3-4,8-9,11-12,15-16,30H2,(H,31,38)(H,35,36)/t22?,28-/m0/s1. The van der Waals surface area contributed by atoms with E-state index in [9.17, 15) is 23.6 Å². The molecule has 4 N–H and O–H groups in total. The summed E-state index contributed by atoms with van der Waals surface area (Å²) in [5, 5.41) is 11.9. The topological polar surface area (TPSA) is 133 Å². The summed E-state index contributed by atoms with van der Waals surface area (Å²) >= 11 is 0. The van der Waals surface area contributed by atoms with Crippen molar-refractivity contribution in [2.75, 3.05) is 12.3 Å². The number of hydrogen-bond acceptors (Lipinski definition) is 5. The lowest BCUT2D eigenvalue weighted by molar-refractivity contribution is -0.141. The van der Waals surface area contributed by atoms with E-state index in [0.717, 1.165) is 16.0 Å². The summed E-state index contributed by atoms with van der Waals surface area (Å²) in [6.07, 6.45) is 4.32. The van der Waals surface area contributed by atoms with Crippen molar-refractivity contribution in [3.8, 4) is 0 Å². The van der Waals surface area contributed by atoms with Gasteiger partial charge in [0.1, 0.15) is 17.9 Å². The van der Waals surface area contributed by atoms with Gasteiger partial charge in [-0.2, -0.15) is 0 Å². The van der Waals surface area contributed by atoms with E-state index in [0.29, 0.717) is 55.3 Å². The Morgan fingerprint density at radius 2 is 1.84 bits per heavy atom. The third-order valence-corrected chi connectivity index (χ3v) is 7.78. The van der Waals surface area contributed by atoms with Crippen LogP contribution < -0.4 is 11.1 Å². The summed E-state index contributed by atoms with van der Waals surface area (Å²) in [7, 11) is 0. The van der Waals surface area contributed by atoms with E-state index >= 15 is 0 Å². The van der Waals surface area contributed by atoms with Crippen LogP contribution in [0.25, 0.3) is 0 Å². The molecule has 9 nitrogen and oxygen atoms in total. The van der Waals surface area contributed by atoms with Crippen molar-refractivity contribution in [3.63, 3.8) is 0 Å². The molecule has 0 aromatic heterocycles. The molecule has 1 saturated heterocycles. The van der Waals surface area contributed by atoms with Gasteiger partial charge in [0.05, 0.1) is 0 Å². The van der Waals surface area contributed by atoms with Crippen LogP contribution in [-0.2, 0) is 32.9 Å². The highest BCUT2D eigenvalue weighted by atomic mass is 19.1. The number of rotatable bonds is 6. The van der Waals surface area contributed by atoms with Crippen LogP contribution in [0.15, 0.2) is 54.1 Å². The molecule has 198 valence electrons. The van der Waals surface area contributed by atoms with Gasteiger partial charge in [-0.25, -0.2) is 14.0 Å². The number of imide groups is 1. The van der Waals surface area contributed by atoms with Gasteiger partial charge in [0.25, 0.3) is 5.91 Å². The van der Waals surface area contributed by atoms with Crippen LogP contribution in [0.1, 0.15) is 48.8 Å². The van der Waals surface area contributed by atoms with Crippen molar-refractivity contribution in [2.45, 2.75) is 56.7 Å². The zero-order valence-electron chi connectivity index (χ0n) is 20.8. The second kappa shape index (κ2) is 9.92. The van der Waals surface area contributed by atoms with Gasteiger partial charge in [-0.3, -0.25) is 14.5 Å². The molecule has 2 aromatic rings. The van der Waals surface area contributed by atoms with Gasteiger partial charge in [0, 0.05) is 24.4 Å². The monoisotopic (exact) mass is 520 g/mol. The van der Waals surface area contributed by atoms with Gasteiger partial charge in [-0.15, -0.1) is 0 Å². The Morgan fingerprint density at radius 1 is 1.13 bits per heavy atom. The van der Waals surface area contributed by atoms with Crippen LogP contribution in [0.2, 0.25) is 0 Å². The number of hydrogen-bond donors (Lipinski definition) is 3.